The van der Waals surface area contributed by atoms with Crippen molar-refractivity contribution in [2.24, 2.45) is 5.92 Å². The van der Waals surface area contributed by atoms with Crippen molar-refractivity contribution in [3.63, 3.8) is 0 Å². The summed E-state index contributed by atoms with van der Waals surface area (Å²) in [5.74, 6) is 1.51. The summed E-state index contributed by atoms with van der Waals surface area (Å²) in [5.41, 5.74) is 4.38. The van der Waals surface area contributed by atoms with Gasteiger partial charge in [0.2, 0.25) is 11.7 Å². The lowest BCUT2D eigenvalue weighted by Gasteiger charge is -2.31. The molecule has 1 aliphatic heterocycles. The van der Waals surface area contributed by atoms with E-state index in [0.29, 0.717) is 30.4 Å². The van der Waals surface area contributed by atoms with Gasteiger partial charge in [-0.25, -0.2) is 0 Å². The number of amides is 1. The fraction of sp³-hybridized carbons (Fsp3) is 0.280. The highest BCUT2D eigenvalue weighted by molar-refractivity contribution is 5.93. The van der Waals surface area contributed by atoms with Crippen LogP contribution in [0, 0.1) is 12.8 Å². The average Bonchev–Trinajstić information content (AvgIpc) is 3.50. The van der Waals surface area contributed by atoms with Gasteiger partial charge in [0.1, 0.15) is 5.69 Å². The standard InChI is InChI=1S/C25H25N5O2/c1-17-8-5-6-12-20(17)24-26-23(32-29-24)14-18-9-7-13-30(16-18)25(31)22-15-21(27-28-22)19-10-3-2-4-11-19/h2-6,8,10-12,15,18H,7,9,13-14,16H2,1H3,(H,27,28)/t18-/m1/s1. The van der Waals surface area contributed by atoms with Gasteiger partial charge < -0.3 is 9.42 Å². The quantitative estimate of drug-likeness (QED) is 0.506. The molecule has 1 atom stereocenters. The van der Waals surface area contributed by atoms with Crippen LogP contribution >= 0.6 is 0 Å². The molecule has 7 heteroatoms. The zero-order chi connectivity index (χ0) is 21.9. The van der Waals surface area contributed by atoms with Crippen LogP contribution in [0.1, 0.15) is 34.8 Å². The monoisotopic (exact) mass is 427 g/mol. The van der Waals surface area contributed by atoms with Crippen LogP contribution < -0.4 is 0 Å². The number of nitrogens with one attached hydrogen (secondary N) is 1. The molecule has 1 saturated heterocycles. The molecule has 1 N–H and O–H groups in total. The largest absolute Gasteiger partial charge is 0.339 e. The first-order valence-corrected chi connectivity index (χ1v) is 11.0. The van der Waals surface area contributed by atoms with Gasteiger partial charge in [0.15, 0.2) is 0 Å². The first-order chi connectivity index (χ1) is 15.7. The Morgan fingerprint density at radius 1 is 1.16 bits per heavy atom. The maximum absolute atomic E-state index is 13.1. The Bertz CT molecular complexity index is 1210. The molecule has 0 saturated carbocycles. The fourth-order valence-corrected chi connectivity index (χ4v) is 4.29. The Kier molecular flexibility index (Phi) is 5.54. The number of H-pyrrole nitrogens is 1. The van der Waals surface area contributed by atoms with Crippen LogP contribution in [0.25, 0.3) is 22.6 Å². The normalized spacial score (nSPS) is 16.3. The summed E-state index contributed by atoms with van der Waals surface area (Å²) < 4.78 is 5.53. The topological polar surface area (TPSA) is 87.9 Å². The SMILES string of the molecule is Cc1ccccc1-c1noc(C[C@H]2CCCN(C(=O)c3cc(-c4ccccc4)n[nH]3)C2)n1. The van der Waals surface area contributed by atoms with E-state index in [9.17, 15) is 4.79 Å². The lowest BCUT2D eigenvalue weighted by Crippen LogP contribution is -2.40. The van der Waals surface area contributed by atoms with Crippen LogP contribution in [0.15, 0.2) is 65.2 Å². The summed E-state index contributed by atoms with van der Waals surface area (Å²) in [6, 6.07) is 19.7. The number of nitrogens with zero attached hydrogens (tertiary/aromatic N) is 4. The summed E-state index contributed by atoms with van der Waals surface area (Å²) in [7, 11) is 0. The molecule has 4 aromatic rings. The van der Waals surface area contributed by atoms with E-state index in [1.807, 2.05) is 72.5 Å². The molecule has 1 amide bonds. The van der Waals surface area contributed by atoms with Gasteiger partial charge in [-0.1, -0.05) is 59.8 Å². The van der Waals surface area contributed by atoms with Crippen LogP contribution in [-0.2, 0) is 6.42 Å². The smallest absolute Gasteiger partial charge is 0.271 e. The van der Waals surface area contributed by atoms with E-state index in [-0.39, 0.29) is 11.8 Å². The van der Waals surface area contributed by atoms with Crippen LogP contribution in [0.2, 0.25) is 0 Å². The predicted octanol–water partition coefficient (Wildman–Crippen LogP) is 4.53. The van der Waals surface area contributed by atoms with Crippen molar-refractivity contribution in [1.82, 2.24) is 25.2 Å². The Balaban J connectivity index is 1.25. The third-order valence-corrected chi connectivity index (χ3v) is 6.00. The molecule has 0 spiro atoms. The van der Waals surface area contributed by atoms with Crippen molar-refractivity contribution in [1.29, 1.82) is 0 Å². The number of aryl methyl sites for hydroxylation is 1. The number of carbonyl (C=O) groups excluding carboxylic acids is 1. The van der Waals surface area contributed by atoms with Crippen molar-refractivity contribution in [2.75, 3.05) is 13.1 Å². The molecule has 32 heavy (non-hydrogen) atoms. The molecule has 7 nitrogen and oxygen atoms in total. The molecular formula is C25H25N5O2. The van der Waals surface area contributed by atoms with Crippen LogP contribution in [0.4, 0.5) is 0 Å². The molecule has 0 radical (unpaired) electrons. The molecule has 0 bridgehead atoms. The first-order valence-electron chi connectivity index (χ1n) is 11.0. The number of piperidine rings is 1. The van der Waals surface area contributed by atoms with Gasteiger partial charge >= 0.3 is 0 Å². The summed E-state index contributed by atoms with van der Waals surface area (Å²) in [5, 5.41) is 11.4. The second-order valence-electron chi connectivity index (χ2n) is 8.32. The minimum absolute atomic E-state index is 0.0180. The number of likely N-dealkylation sites (tertiary alicyclic amines) is 1. The summed E-state index contributed by atoms with van der Waals surface area (Å²) in [4.78, 5) is 19.6. The lowest BCUT2D eigenvalue weighted by atomic mass is 9.94. The number of hydrogen-bond acceptors (Lipinski definition) is 5. The van der Waals surface area contributed by atoms with Gasteiger partial charge in [-0.3, -0.25) is 9.89 Å². The van der Waals surface area contributed by atoms with E-state index in [2.05, 4.69) is 20.3 Å². The van der Waals surface area contributed by atoms with Gasteiger partial charge in [-0.15, -0.1) is 0 Å². The Labute approximate surface area is 186 Å². The molecule has 0 aliphatic carbocycles. The summed E-state index contributed by atoms with van der Waals surface area (Å²) in [6.45, 7) is 3.45. The van der Waals surface area contributed by atoms with Gasteiger partial charge in [0, 0.05) is 30.6 Å². The number of aromatic nitrogens is 4. The number of aromatic amines is 1. The number of rotatable bonds is 5. The van der Waals surface area contributed by atoms with E-state index in [4.69, 9.17) is 4.52 Å². The molecule has 3 heterocycles. The van der Waals surface area contributed by atoms with Crippen LogP contribution in [-0.4, -0.2) is 44.2 Å². The minimum Gasteiger partial charge on any atom is -0.339 e. The van der Waals surface area contributed by atoms with Crippen LogP contribution in [0.5, 0.6) is 0 Å². The molecule has 1 fully saturated rings. The second kappa shape index (κ2) is 8.78. The third kappa shape index (κ3) is 4.19. The number of carbonyl (C=O) groups is 1. The second-order valence-corrected chi connectivity index (χ2v) is 8.32. The zero-order valence-corrected chi connectivity index (χ0v) is 18.0. The first kappa shape index (κ1) is 20.2. The van der Waals surface area contributed by atoms with Crippen molar-refractivity contribution in [3.05, 3.63) is 77.8 Å². The van der Waals surface area contributed by atoms with E-state index in [1.54, 1.807) is 0 Å². The van der Waals surface area contributed by atoms with Crippen molar-refractivity contribution < 1.29 is 9.32 Å². The van der Waals surface area contributed by atoms with Crippen molar-refractivity contribution >= 4 is 5.91 Å². The van der Waals surface area contributed by atoms with Gasteiger partial charge in [-0.05, 0) is 37.3 Å². The average molecular weight is 428 g/mol. The van der Waals surface area contributed by atoms with Crippen molar-refractivity contribution in [2.45, 2.75) is 26.2 Å². The van der Waals surface area contributed by atoms with E-state index < -0.39 is 0 Å². The summed E-state index contributed by atoms with van der Waals surface area (Å²) >= 11 is 0. The van der Waals surface area contributed by atoms with Gasteiger partial charge in [-0.2, -0.15) is 10.1 Å². The molecule has 2 aromatic carbocycles. The third-order valence-electron chi connectivity index (χ3n) is 6.00. The Morgan fingerprint density at radius 2 is 1.97 bits per heavy atom. The number of hydrogen-bond donors (Lipinski definition) is 1. The van der Waals surface area contributed by atoms with Gasteiger partial charge in [0.25, 0.3) is 5.91 Å². The van der Waals surface area contributed by atoms with E-state index in [0.717, 1.165) is 41.8 Å². The van der Waals surface area contributed by atoms with E-state index in [1.165, 1.54) is 0 Å². The molecule has 1 aliphatic rings. The predicted molar refractivity (Wildman–Crippen MR) is 121 cm³/mol. The Hall–Kier alpha value is -3.74. The van der Waals surface area contributed by atoms with E-state index >= 15 is 0 Å². The minimum atomic E-state index is -0.0180. The highest BCUT2D eigenvalue weighted by Gasteiger charge is 2.27. The Morgan fingerprint density at radius 3 is 2.81 bits per heavy atom. The molecule has 2 aromatic heterocycles. The molecular weight excluding hydrogens is 402 g/mol. The van der Waals surface area contributed by atoms with Gasteiger partial charge in [0.05, 0.1) is 5.69 Å². The van der Waals surface area contributed by atoms with Crippen LogP contribution in [0.3, 0.4) is 0 Å². The maximum atomic E-state index is 13.1. The van der Waals surface area contributed by atoms with Crippen molar-refractivity contribution in [3.8, 4) is 22.6 Å². The highest BCUT2D eigenvalue weighted by atomic mass is 16.5. The number of benzene rings is 2. The lowest BCUT2D eigenvalue weighted by molar-refractivity contribution is 0.0662. The molecule has 0 unspecified atom stereocenters. The maximum Gasteiger partial charge on any atom is 0.271 e. The molecule has 5 rings (SSSR count). The highest BCUT2D eigenvalue weighted by Crippen LogP contribution is 2.25. The summed E-state index contributed by atoms with van der Waals surface area (Å²) in [6.07, 6.45) is 2.65. The zero-order valence-electron chi connectivity index (χ0n) is 18.0. The fourth-order valence-electron chi connectivity index (χ4n) is 4.29. The molecule has 162 valence electrons.